The van der Waals surface area contributed by atoms with Crippen LogP contribution in [0.1, 0.15) is 30.6 Å². The third-order valence-electron chi connectivity index (χ3n) is 2.28. The molecule has 0 aliphatic carbocycles. The van der Waals surface area contributed by atoms with Gasteiger partial charge in [0.1, 0.15) is 6.10 Å². The molecule has 2 rings (SSSR count). The second-order valence-electron chi connectivity index (χ2n) is 3.03. The number of ether oxygens (including phenoxy) is 1. The van der Waals surface area contributed by atoms with Gasteiger partial charge in [0.2, 0.25) is 5.76 Å². The molecule has 1 aromatic rings. The zero-order valence-corrected chi connectivity index (χ0v) is 7.41. The summed E-state index contributed by atoms with van der Waals surface area (Å²) in [5.41, 5.74) is 1.99. The molecule has 1 aromatic carbocycles. The van der Waals surface area contributed by atoms with Crippen molar-refractivity contribution in [1.82, 2.24) is 0 Å². The topological polar surface area (TPSA) is 26.3 Å². The fraction of sp³-hybridized carbons (Fsp3) is 0.273. The molecular formula is C11H10O2. The zero-order chi connectivity index (χ0) is 9.26. The molecule has 2 nitrogen and oxygen atoms in total. The van der Waals surface area contributed by atoms with Crippen molar-refractivity contribution in [2.24, 2.45) is 0 Å². The smallest absolute Gasteiger partial charge is 0.212 e. The van der Waals surface area contributed by atoms with Gasteiger partial charge in [0, 0.05) is 11.1 Å². The van der Waals surface area contributed by atoms with Gasteiger partial charge in [-0.15, -0.1) is 0 Å². The number of rotatable bonds is 1. The van der Waals surface area contributed by atoms with Crippen LogP contribution < -0.4 is 0 Å². The van der Waals surface area contributed by atoms with Crippen LogP contribution in [0, 0.1) is 0 Å². The van der Waals surface area contributed by atoms with Crippen molar-refractivity contribution in [3.8, 4) is 0 Å². The van der Waals surface area contributed by atoms with Crippen molar-refractivity contribution < 1.29 is 9.53 Å². The van der Waals surface area contributed by atoms with Crippen LogP contribution in [0.15, 0.2) is 24.3 Å². The lowest BCUT2D eigenvalue weighted by Gasteiger charge is -2.06. The summed E-state index contributed by atoms with van der Waals surface area (Å²) in [5, 5.41) is 0. The summed E-state index contributed by atoms with van der Waals surface area (Å²) in [4.78, 5) is 10.5. The fourth-order valence-electron chi connectivity index (χ4n) is 1.64. The summed E-state index contributed by atoms with van der Waals surface area (Å²) in [5.74, 6) is 2.18. The van der Waals surface area contributed by atoms with Crippen molar-refractivity contribution in [3.05, 3.63) is 35.4 Å². The van der Waals surface area contributed by atoms with Gasteiger partial charge in [-0.1, -0.05) is 31.2 Å². The van der Waals surface area contributed by atoms with Crippen molar-refractivity contribution in [1.29, 1.82) is 0 Å². The van der Waals surface area contributed by atoms with Gasteiger partial charge in [0.15, 0.2) is 5.94 Å². The van der Waals surface area contributed by atoms with E-state index in [2.05, 4.69) is 0 Å². The number of hydrogen-bond donors (Lipinski definition) is 0. The average Bonchev–Trinajstić information content (AvgIpc) is 2.56. The Bertz CT molecular complexity index is 375. The Kier molecular flexibility index (Phi) is 1.91. The molecule has 13 heavy (non-hydrogen) atoms. The van der Waals surface area contributed by atoms with E-state index in [1.807, 2.05) is 37.1 Å². The maximum Gasteiger partial charge on any atom is 0.212 e. The molecule has 0 aromatic heterocycles. The zero-order valence-electron chi connectivity index (χ0n) is 7.41. The molecule has 0 bridgehead atoms. The second kappa shape index (κ2) is 3.08. The van der Waals surface area contributed by atoms with E-state index < -0.39 is 0 Å². The van der Waals surface area contributed by atoms with Crippen LogP contribution in [-0.4, -0.2) is 5.94 Å². The third-order valence-corrected chi connectivity index (χ3v) is 2.28. The Morgan fingerprint density at radius 2 is 2.23 bits per heavy atom. The van der Waals surface area contributed by atoms with Crippen molar-refractivity contribution >= 4 is 11.7 Å². The van der Waals surface area contributed by atoms with Gasteiger partial charge in [-0.2, -0.15) is 0 Å². The largest absolute Gasteiger partial charge is 0.475 e. The van der Waals surface area contributed by atoms with E-state index in [1.54, 1.807) is 0 Å². The van der Waals surface area contributed by atoms with E-state index in [4.69, 9.17) is 4.74 Å². The molecule has 66 valence electrons. The van der Waals surface area contributed by atoms with Crippen LogP contribution in [0.25, 0.3) is 5.76 Å². The van der Waals surface area contributed by atoms with Crippen LogP contribution in [-0.2, 0) is 9.53 Å². The number of hydrogen-bond acceptors (Lipinski definition) is 2. The van der Waals surface area contributed by atoms with E-state index in [-0.39, 0.29) is 6.10 Å². The molecule has 0 fully saturated rings. The first-order valence-corrected chi connectivity index (χ1v) is 4.38. The Hall–Kier alpha value is -1.53. The summed E-state index contributed by atoms with van der Waals surface area (Å²) >= 11 is 0. The predicted molar refractivity (Wildman–Crippen MR) is 49.7 cm³/mol. The minimum atomic E-state index is 0.0349. The van der Waals surface area contributed by atoms with E-state index in [0.29, 0.717) is 5.76 Å². The predicted octanol–water partition coefficient (Wildman–Crippen LogP) is 2.34. The molecule has 1 aliphatic rings. The lowest BCUT2D eigenvalue weighted by atomic mass is 10.0. The second-order valence-corrected chi connectivity index (χ2v) is 3.03. The maximum atomic E-state index is 10.5. The molecule has 0 radical (unpaired) electrons. The molecule has 0 spiro atoms. The lowest BCUT2D eigenvalue weighted by Crippen LogP contribution is -1.91. The summed E-state index contributed by atoms with van der Waals surface area (Å²) in [7, 11) is 0. The lowest BCUT2D eigenvalue weighted by molar-refractivity contribution is 0.185. The van der Waals surface area contributed by atoms with Crippen LogP contribution in [0.2, 0.25) is 0 Å². The van der Waals surface area contributed by atoms with Crippen LogP contribution in [0.3, 0.4) is 0 Å². The minimum Gasteiger partial charge on any atom is -0.475 e. The highest BCUT2D eigenvalue weighted by molar-refractivity contribution is 5.86. The average molecular weight is 174 g/mol. The minimum absolute atomic E-state index is 0.0349. The summed E-state index contributed by atoms with van der Waals surface area (Å²) in [6, 6.07) is 7.75. The normalized spacial score (nSPS) is 19.2. The highest BCUT2D eigenvalue weighted by atomic mass is 16.5. The van der Waals surface area contributed by atoms with Crippen LogP contribution in [0.5, 0.6) is 0 Å². The molecule has 0 saturated carbocycles. The molecule has 1 heterocycles. The van der Waals surface area contributed by atoms with E-state index in [1.165, 1.54) is 0 Å². The van der Waals surface area contributed by atoms with Gasteiger partial charge in [-0.3, -0.25) is 0 Å². The molecule has 0 N–H and O–H groups in total. The Morgan fingerprint density at radius 3 is 2.92 bits per heavy atom. The molecule has 0 amide bonds. The molecule has 2 heteroatoms. The summed E-state index contributed by atoms with van der Waals surface area (Å²) in [6.07, 6.45) is 0.912. The SMILES string of the molecule is CCC1OC(=C=O)c2ccccc21. The summed E-state index contributed by atoms with van der Waals surface area (Å²) < 4.78 is 5.42. The van der Waals surface area contributed by atoms with Gasteiger partial charge in [0.05, 0.1) is 0 Å². The van der Waals surface area contributed by atoms with Gasteiger partial charge in [-0.25, -0.2) is 4.79 Å². The van der Waals surface area contributed by atoms with E-state index in [0.717, 1.165) is 17.5 Å². The Morgan fingerprint density at radius 1 is 1.46 bits per heavy atom. The third kappa shape index (κ3) is 1.16. The van der Waals surface area contributed by atoms with E-state index >= 15 is 0 Å². The first-order chi connectivity index (χ1) is 6.36. The quantitative estimate of drug-likeness (QED) is 0.611. The highest BCUT2D eigenvalue weighted by Gasteiger charge is 2.26. The van der Waals surface area contributed by atoms with Gasteiger partial charge in [0.25, 0.3) is 0 Å². The van der Waals surface area contributed by atoms with Gasteiger partial charge < -0.3 is 4.74 Å². The number of fused-ring (bicyclic) bond motifs is 1. The molecule has 0 saturated heterocycles. The molecule has 1 atom stereocenters. The first kappa shape index (κ1) is 8.09. The molecular weight excluding hydrogens is 164 g/mol. The standard InChI is InChI=1S/C11H10O2/c1-2-10-8-5-3-4-6-9(8)11(7-12)13-10/h3-6,10H,2H2,1H3. The first-order valence-electron chi connectivity index (χ1n) is 4.38. The van der Waals surface area contributed by atoms with Crippen molar-refractivity contribution in [2.75, 3.05) is 0 Å². The Labute approximate surface area is 76.8 Å². The Balaban J connectivity index is 2.56. The van der Waals surface area contributed by atoms with Gasteiger partial charge in [-0.05, 0) is 6.42 Å². The number of carbonyl (C=O) groups excluding carboxylic acids is 1. The van der Waals surface area contributed by atoms with Gasteiger partial charge >= 0.3 is 0 Å². The maximum absolute atomic E-state index is 10.5. The fourth-order valence-corrected chi connectivity index (χ4v) is 1.64. The van der Waals surface area contributed by atoms with Crippen molar-refractivity contribution in [3.63, 3.8) is 0 Å². The molecule has 1 aliphatic heterocycles. The summed E-state index contributed by atoms with van der Waals surface area (Å²) in [6.45, 7) is 2.04. The van der Waals surface area contributed by atoms with Crippen molar-refractivity contribution in [2.45, 2.75) is 19.4 Å². The highest BCUT2D eigenvalue weighted by Crippen LogP contribution is 2.38. The number of benzene rings is 1. The van der Waals surface area contributed by atoms with E-state index in [9.17, 15) is 4.79 Å². The van der Waals surface area contributed by atoms with Crippen LogP contribution >= 0.6 is 0 Å². The van der Waals surface area contributed by atoms with Crippen LogP contribution in [0.4, 0.5) is 0 Å². The monoisotopic (exact) mass is 174 g/mol. The molecule has 1 unspecified atom stereocenters.